The van der Waals surface area contributed by atoms with Gasteiger partial charge in [-0.3, -0.25) is 14.5 Å². The molecule has 1 aliphatic rings. The number of carbonyl (C=O) groups is 2. The molecule has 0 saturated carbocycles. The number of thioether (sulfide) groups is 1. The quantitative estimate of drug-likeness (QED) is 0.323. The summed E-state index contributed by atoms with van der Waals surface area (Å²) in [6.07, 6.45) is 1.70. The van der Waals surface area contributed by atoms with Gasteiger partial charge in [0, 0.05) is 5.02 Å². The lowest BCUT2D eigenvalue weighted by atomic mass is 10.2. The van der Waals surface area contributed by atoms with Crippen LogP contribution in [0.1, 0.15) is 11.1 Å². The van der Waals surface area contributed by atoms with Gasteiger partial charge in [-0.25, -0.2) is 0 Å². The molecule has 0 aliphatic carbocycles. The molecule has 0 N–H and O–H groups in total. The molecule has 4 rings (SSSR count). The Morgan fingerprint density at radius 2 is 1.70 bits per heavy atom. The standard InChI is InChI=1S/C25H19Cl2NO4S/c26-19-5-3-4-18(14-19)16-32-20-10-8-17(9-11-20)15-23-24(29)28(25(30)33-23)12-13-31-22-7-2-1-6-21(22)27/h1-11,14-15H,12-13,16H2/b23-15-. The first-order chi connectivity index (χ1) is 16.0. The van der Waals surface area contributed by atoms with E-state index in [9.17, 15) is 9.59 Å². The van der Waals surface area contributed by atoms with Gasteiger partial charge in [-0.15, -0.1) is 0 Å². The molecule has 0 atom stereocenters. The molecule has 8 heteroatoms. The normalized spacial score (nSPS) is 14.7. The van der Waals surface area contributed by atoms with E-state index in [1.807, 2.05) is 48.5 Å². The van der Waals surface area contributed by atoms with Crippen molar-refractivity contribution in [3.63, 3.8) is 0 Å². The molecule has 2 amide bonds. The third kappa shape index (κ3) is 6.11. The van der Waals surface area contributed by atoms with Gasteiger partial charge in [-0.2, -0.15) is 0 Å². The topological polar surface area (TPSA) is 55.8 Å². The highest BCUT2D eigenvalue weighted by atomic mass is 35.5. The number of benzene rings is 3. The fraction of sp³-hybridized carbons (Fsp3) is 0.120. The van der Waals surface area contributed by atoms with Gasteiger partial charge in [0.1, 0.15) is 24.7 Å². The number of carbonyl (C=O) groups excluding carboxylic acids is 2. The molecule has 5 nitrogen and oxygen atoms in total. The van der Waals surface area contributed by atoms with Crippen LogP contribution in [0.3, 0.4) is 0 Å². The van der Waals surface area contributed by atoms with E-state index >= 15 is 0 Å². The summed E-state index contributed by atoms with van der Waals surface area (Å²) in [5.41, 5.74) is 1.77. The van der Waals surface area contributed by atoms with Gasteiger partial charge in [0.15, 0.2) is 0 Å². The zero-order valence-electron chi connectivity index (χ0n) is 17.4. The van der Waals surface area contributed by atoms with E-state index in [1.54, 1.807) is 30.3 Å². The van der Waals surface area contributed by atoms with Crippen LogP contribution in [-0.4, -0.2) is 29.2 Å². The molecule has 0 aromatic heterocycles. The molecule has 0 spiro atoms. The fourth-order valence-electron chi connectivity index (χ4n) is 3.11. The first-order valence-electron chi connectivity index (χ1n) is 10.1. The summed E-state index contributed by atoms with van der Waals surface area (Å²) in [6.45, 7) is 0.701. The van der Waals surface area contributed by atoms with E-state index < -0.39 is 0 Å². The average molecular weight is 500 g/mol. The first-order valence-corrected chi connectivity index (χ1v) is 11.7. The molecule has 168 valence electrons. The van der Waals surface area contributed by atoms with E-state index in [-0.39, 0.29) is 24.3 Å². The molecule has 1 saturated heterocycles. The molecule has 1 fully saturated rings. The van der Waals surface area contributed by atoms with Crippen molar-refractivity contribution in [1.29, 1.82) is 0 Å². The van der Waals surface area contributed by atoms with Crippen molar-refractivity contribution in [2.75, 3.05) is 13.2 Å². The molecule has 1 heterocycles. The van der Waals surface area contributed by atoms with Crippen LogP contribution in [0.25, 0.3) is 6.08 Å². The van der Waals surface area contributed by atoms with Gasteiger partial charge in [0.05, 0.1) is 16.5 Å². The summed E-state index contributed by atoms with van der Waals surface area (Å²) in [5, 5.41) is 0.817. The van der Waals surface area contributed by atoms with Gasteiger partial charge in [-0.1, -0.05) is 59.6 Å². The maximum absolute atomic E-state index is 12.7. The summed E-state index contributed by atoms with van der Waals surface area (Å²) in [4.78, 5) is 26.5. The minimum atomic E-state index is -0.339. The van der Waals surface area contributed by atoms with E-state index in [0.29, 0.717) is 33.1 Å². The van der Waals surface area contributed by atoms with Crippen molar-refractivity contribution in [1.82, 2.24) is 4.90 Å². The number of hydrogen-bond donors (Lipinski definition) is 0. The highest BCUT2D eigenvalue weighted by Crippen LogP contribution is 2.32. The minimum Gasteiger partial charge on any atom is -0.490 e. The number of hydrogen-bond acceptors (Lipinski definition) is 5. The van der Waals surface area contributed by atoms with E-state index in [2.05, 4.69) is 0 Å². The van der Waals surface area contributed by atoms with Crippen LogP contribution in [0.15, 0.2) is 77.7 Å². The molecule has 0 radical (unpaired) electrons. The molecular formula is C25H19Cl2NO4S. The smallest absolute Gasteiger partial charge is 0.293 e. The largest absolute Gasteiger partial charge is 0.490 e. The second kappa shape index (κ2) is 10.8. The average Bonchev–Trinajstić information content (AvgIpc) is 3.07. The summed E-state index contributed by atoms with van der Waals surface area (Å²) < 4.78 is 11.4. The third-order valence-corrected chi connectivity index (χ3v) is 6.21. The number of rotatable bonds is 8. The highest BCUT2D eigenvalue weighted by Gasteiger charge is 2.34. The van der Waals surface area contributed by atoms with Gasteiger partial charge < -0.3 is 9.47 Å². The van der Waals surface area contributed by atoms with E-state index in [4.69, 9.17) is 32.7 Å². The summed E-state index contributed by atoms with van der Waals surface area (Å²) in [6, 6.07) is 21.8. The van der Waals surface area contributed by atoms with Crippen molar-refractivity contribution in [2.24, 2.45) is 0 Å². The molecular weight excluding hydrogens is 481 g/mol. The van der Waals surface area contributed by atoms with Crippen LogP contribution in [0, 0.1) is 0 Å². The minimum absolute atomic E-state index is 0.142. The molecule has 0 unspecified atom stereocenters. The van der Waals surface area contributed by atoms with Crippen LogP contribution in [0.4, 0.5) is 4.79 Å². The Hall–Kier alpha value is -2.93. The Kier molecular flexibility index (Phi) is 7.60. The summed E-state index contributed by atoms with van der Waals surface area (Å²) in [7, 11) is 0. The molecule has 33 heavy (non-hydrogen) atoms. The van der Waals surface area contributed by atoms with Crippen LogP contribution in [-0.2, 0) is 11.4 Å². The first kappa shape index (κ1) is 23.2. The van der Waals surface area contributed by atoms with Crippen molar-refractivity contribution >= 4 is 52.2 Å². The van der Waals surface area contributed by atoms with Gasteiger partial charge in [0.25, 0.3) is 11.1 Å². The molecule has 1 aliphatic heterocycles. The number of imide groups is 1. The Balaban J connectivity index is 1.33. The summed E-state index contributed by atoms with van der Waals surface area (Å²) >= 11 is 13.0. The van der Waals surface area contributed by atoms with Crippen molar-refractivity contribution < 1.29 is 19.1 Å². The Morgan fingerprint density at radius 3 is 2.45 bits per heavy atom. The van der Waals surface area contributed by atoms with Crippen molar-refractivity contribution in [3.8, 4) is 11.5 Å². The number of halogens is 2. The predicted octanol–water partition coefficient (Wildman–Crippen LogP) is 6.69. The lowest BCUT2D eigenvalue weighted by molar-refractivity contribution is -0.123. The predicted molar refractivity (Wildman–Crippen MR) is 132 cm³/mol. The molecule has 0 bridgehead atoms. The SMILES string of the molecule is O=C1S/C(=C\c2ccc(OCc3cccc(Cl)c3)cc2)C(=O)N1CCOc1ccccc1Cl. The lowest BCUT2D eigenvalue weighted by Gasteiger charge is -2.13. The number of para-hydroxylation sites is 1. The molecule has 3 aromatic carbocycles. The van der Waals surface area contributed by atoms with Crippen LogP contribution < -0.4 is 9.47 Å². The van der Waals surface area contributed by atoms with Crippen molar-refractivity contribution in [3.05, 3.63) is 98.9 Å². The van der Waals surface area contributed by atoms with E-state index in [1.165, 1.54) is 4.90 Å². The third-order valence-electron chi connectivity index (χ3n) is 4.76. The second-order valence-corrected chi connectivity index (χ2v) is 8.94. The Labute approximate surface area is 205 Å². The Morgan fingerprint density at radius 1 is 0.909 bits per heavy atom. The molecule has 3 aromatic rings. The van der Waals surface area contributed by atoms with E-state index in [0.717, 1.165) is 22.9 Å². The zero-order valence-corrected chi connectivity index (χ0v) is 19.7. The van der Waals surface area contributed by atoms with Crippen molar-refractivity contribution in [2.45, 2.75) is 6.61 Å². The van der Waals surface area contributed by atoms with Crippen LogP contribution >= 0.6 is 35.0 Å². The number of ether oxygens (including phenoxy) is 2. The van der Waals surface area contributed by atoms with Gasteiger partial charge in [-0.05, 0) is 65.4 Å². The van der Waals surface area contributed by atoms with Gasteiger partial charge in [0.2, 0.25) is 0 Å². The van der Waals surface area contributed by atoms with Gasteiger partial charge >= 0.3 is 0 Å². The monoisotopic (exact) mass is 499 g/mol. The maximum Gasteiger partial charge on any atom is 0.293 e. The summed E-state index contributed by atoms with van der Waals surface area (Å²) in [5.74, 6) is 0.866. The zero-order chi connectivity index (χ0) is 23.2. The number of nitrogens with zero attached hydrogens (tertiary/aromatic N) is 1. The second-order valence-electron chi connectivity index (χ2n) is 7.10. The fourth-order valence-corrected chi connectivity index (χ4v) is 4.37. The van der Waals surface area contributed by atoms with Crippen LogP contribution in [0.5, 0.6) is 11.5 Å². The maximum atomic E-state index is 12.7. The highest BCUT2D eigenvalue weighted by molar-refractivity contribution is 8.18. The lowest BCUT2D eigenvalue weighted by Crippen LogP contribution is -2.32. The van der Waals surface area contributed by atoms with Crippen LogP contribution in [0.2, 0.25) is 10.0 Å². The Bertz CT molecular complexity index is 1200. The number of amides is 2.